The maximum Gasteiger partial charge on any atom is 0.190 e. The van der Waals surface area contributed by atoms with Crippen molar-refractivity contribution >= 4 is 52.2 Å². The summed E-state index contributed by atoms with van der Waals surface area (Å²) in [6.07, 6.45) is 5.14. The maximum atomic E-state index is 4.60. The van der Waals surface area contributed by atoms with Crippen molar-refractivity contribution in [3.8, 4) is 0 Å². The zero-order chi connectivity index (χ0) is 18.2. The minimum absolute atomic E-state index is 0. The van der Waals surface area contributed by atoms with Crippen LogP contribution in [0, 0.1) is 0 Å². The number of aliphatic imine (C=N–C) groups is 1. The summed E-state index contributed by atoms with van der Waals surface area (Å²) >= 11 is 1.74. The van der Waals surface area contributed by atoms with Crippen LogP contribution in [0.1, 0.15) is 24.0 Å². The van der Waals surface area contributed by atoms with E-state index in [2.05, 4.69) is 74.0 Å². The molecule has 146 valence electrons. The monoisotopic (exact) mass is 497 g/mol. The van der Waals surface area contributed by atoms with Gasteiger partial charge in [-0.3, -0.25) is 4.99 Å². The molecule has 0 spiro atoms. The van der Waals surface area contributed by atoms with Crippen molar-refractivity contribution in [1.29, 1.82) is 0 Å². The summed E-state index contributed by atoms with van der Waals surface area (Å²) in [5.41, 5.74) is 2.46. The first-order valence-corrected chi connectivity index (χ1v) is 10.1. The highest BCUT2D eigenvalue weighted by molar-refractivity contribution is 14.0. The number of thiazole rings is 1. The number of aromatic nitrogens is 2. The Labute approximate surface area is 182 Å². The molecule has 3 aromatic rings. The van der Waals surface area contributed by atoms with Crippen LogP contribution in [0.15, 0.2) is 46.9 Å². The van der Waals surface area contributed by atoms with Crippen LogP contribution in [0.5, 0.6) is 0 Å². The lowest BCUT2D eigenvalue weighted by atomic mass is 10.2. The lowest BCUT2D eigenvalue weighted by Crippen LogP contribution is -2.39. The molecular weight excluding hydrogens is 469 g/mol. The second-order valence-corrected chi connectivity index (χ2v) is 7.13. The minimum atomic E-state index is 0. The summed E-state index contributed by atoms with van der Waals surface area (Å²) in [7, 11) is 1.81. The SMILES string of the molecule is CCc1nc(CCNC(=NC)NCCCn2ccc3ccccc32)cs1.I. The molecule has 0 saturated carbocycles. The van der Waals surface area contributed by atoms with E-state index in [1.54, 1.807) is 11.3 Å². The first-order chi connectivity index (χ1) is 12.8. The largest absolute Gasteiger partial charge is 0.356 e. The summed E-state index contributed by atoms with van der Waals surface area (Å²) in [5.74, 6) is 0.855. The highest BCUT2D eigenvalue weighted by Gasteiger charge is 2.03. The van der Waals surface area contributed by atoms with Gasteiger partial charge in [0, 0.05) is 50.2 Å². The number of nitrogens with zero attached hydrogens (tertiary/aromatic N) is 3. The smallest absolute Gasteiger partial charge is 0.190 e. The number of fused-ring (bicyclic) bond motifs is 1. The van der Waals surface area contributed by atoms with Crippen molar-refractivity contribution in [3.05, 3.63) is 52.6 Å². The van der Waals surface area contributed by atoms with E-state index in [-0.39, 0.29) is 24.0 Å². The first kappa shape index (κ1) is 21.7. The predicted molar refractivity (Wildman–Crippen MR) is 127 cm³/mol. The van der Waals surface area contributed by atoms with Crippen LogP contribution >= 0.6 is 35.3 Å². The topological polar surface area (TPSA) is 54.2 Å². The van der Waals surface area contributed by atoms with Crippen molar-refractivity contribution in [2.45, 2.75) is 32.7 Å². The molecule has 0 amide bonds. The maximum absolute atomic E-state index is 4.60. The van der Waals surface area contributed by atoms with E-state index >= 15 is 0 Å². The lowest BCUT2D eigenvalue weighted by molar-refractivity contribution is 0.640. The Balaban J connectivity index is 0.00000261. The molecule has 0 radical (unpaired) electrons. The number of halogens is 1. The van der Waals surface area contributed by atoms with E-state index in [1.807, 2.05) is 7.05 Å². The normalized spacial score (nSPS) is 11.4. The number of aryl methyl sites for hydroxylation is 2. The predicted octanol–water partition coefficient (Wildman–Crippen LogP) is 4.08. The van der Waals surface area contributed by atoms with Gasteiger partial charge in [-0.2, -0.15) is 0 Å². The Morgan fingerprint density at radius 3 is 2.78 bits per heavy atom. The Morgan fingerprint density at radius 1 is 1.19 bits per heavy atom. The van der Waals surface area contributed by atoms with Crippen LogP contribution in [0.2, 0.25) is 0 Å². The standard InChI is InChI=1S/C20H27N5S.HI/c1-3-19-24-17(15-26-19)9-12-23-20(21-2)22-11-6-13-25-14-10-16-7-4-5-8-18(16)25;/h4-5,7-8,10,14-15H,3,6,9,11-13H2,1-2H3,(H2,21,22,23);1H. The van der Waals surface area contributed by atoms with Gasteiger partial charge in [0.15, 0.2) is 5.96 Å². The third kappa shape index (κ3) is 6.21. The van der Waals surface area contributed by atoms with Crippen molar-refractivity contribution in [2.75, 3.05) is 20.1 Å². The van der Waals surface area contributed by atoms with Crippen LogP contribution < -0.4 is 10.6 Å². The Hall–Kier alpha value is -1.61. The summed E-state index contributed by atoms with van der Waals surface area (Å²) < 4.78 is 2.31. The lowest BCUT2D eigenvalue weighted by Gasteiger charge is -2.12. The van der Waals surface area contributed by atoms with Gasteiger partial charge in [-0.15, -0.1) is 35.3 Å². The second kappa shape index (κ2) is 11.3. The summed E-state index contributed by atoms with van der Waals surface area (Å²) in [4.78, 5) is 8.89. The molecule has 7 heteroatoms. The van der Waals surface area contributed by atoms with Gasteiger partial charge in [0.1, 0.15) is 0 Å². The van der Waals surface area contributed by atoms with Crippen molar-refractivity contribution < 1.29 is 0 Å². The van der Waals surface area contributed by atoms with E-state index in [0.29, 0.717) is 0 Å². The molecule has 0 unspecified atom stereocenters. The fourth-order valence-electron chi connectivity index (χ4n) is 2.95. The second-order valence-electron chi connectivity index (χ2n) is 6.18. The minimum Gasteiger partial charge on any atom is -0.356 e. The highest BCUT2D eigenvalue weighted by atomic mass is 127. The number of hydrogen-bond acceptors (Lipinski definition) is 3. The van der Waals surface area contributed by atoms with Gasteiger partial charge in [-0.1, -0.05) is 25.1 Å². The molecule has 5 nitrogen and oxygen atoms in total. The molecule has 27 heavy (non-hydrogen) atoms. The van der Waals surface area contributed by atoms with Gasteiger partial charge in [0.25, 0.3) is 0 Å². The quantitative estimate of drug-likeness (QED) is 0.214. The van der Waals surface area contributed by atoms with Crippen molar-refractivity contribution in [1.82, 2.24) is 20.2 Å². The van der Waals surface area contributed by atoms with Gasteiger partial charge in [-0.05, 0) is 30.4 Å². The summed E-state index contributed by atoms with van der Waals surface area (Å²) in [6, 6.07) is 10.7. The van der Waals surface area contributed by atoms with Gasteiger partial charge in [0.2, 0.25) is 0 Å². The Morgan fingerprint density at radius 2 is 2.00 bits per heavy atom. The third-order valence-corrected chi connectivity index (χ3v) is 5.39. The van der Waals surface area contributed by atoms with E-state index in [0.717, 1.165) is 50.6 Å². The number of benzene rings is 1. The molecule has 0 atom stereocenters. The third-order valence-electron chi connectivity index (χ3n) is 4.35. The molecule has 0 saturated heterocycles. The number of para-hydroxylation sites is 1. The molecule has 0 aliphatic rings. The highest BCUT2D eigenvalue weighted by Crippen LogP contribution is 2.15. The number of rotatable bonds is 8. The van der Waals surface area contributed by atoms with Crippen LogP contribution in [0.4, 0.5) is 0 Å². The number of nitrogens with one attached hydrogen (secondary N) is 2. The molecule has 3 rings (SSSR count). The molecule has 0 fully saturated rings. The Kier molecular flexibility index (Phi) is 9.06. The molecule has 0 bridgehead atoms. The van der Waals surface area contributed by atoms with Gasteiger partial charge in [0.05, 0.1) is 10.7 Å². The van der Waals surface area contributed by atoms with E-state index in [1.165, 1.54) is 15.9 Å². The fourth-order valence-corrected chi connectivity index (χ4v) is 3.73. The molecule has 2 aromatic heterocycles. The van der Waals surface area contributed by atoms with Crippen LogP contribution in [-0.4, -0.2) is 35.6 Å². The molecule has 1 aromatic carbocycles. The average Bonchev–Trinajstić information content (AvgIpc) is 3.30. The van der Waals surface area contributed by atoms with E-state index < -0.39 is 0 Å². The number of hydrogen-bond donors (Lipinski definition) is 2. The summed E-state index contributed by atoms with van der Waals surface area (Å²) in [5, 5.41) is 11.4. The van der Waals surface area contributed by atoms with Gasteiger partial charge in [-0.25, -0.2) is 4.98 Å². The molecule has 2 heterocycles. The van der Waals surface area contributed by atoms with Crippen molar-refractivity contribution in [2.24, 2.45) is 4.99 Å². The molecular formula is C20H28IN5S. The average molecular weight is 497 g/mol. The van der Waals surface area contributed by atoms with Gasteiger partial charge >= 0.3 is 0 Å². The van der Waals surface area contributed by atoms with Gasteiger partial charge < -0.3 is 15.2 Å². The van der Waals surface area contributed by atoms with E-state index in [4.69, 9.17) is 0 Å². The molecule has 2 N–H and O–H groups in total. The zero-order valence-electron chi connectivity index (χ0n) is 15.9. The van der Waals surface area contributed by atoms with Crippen LogP contribution in [-0.2, 0) is 19.4 Å². The fraction of sp³-hybridized carbons (Fsp3) is 0.400. The molecule has 0 aliphatic carbocycles. The van der Waals surface area contributed by atoms with Crippen molar-refractivity contribution in [3.63, 3.8) is 0 Å². The van der Waals surface area contributed by atoms with E-state index in [9.17, 15) is 0 Å². The Bertz CT molecular complexity index is 855. The molecule has 0 aliphatic heterocycles. The zero-order valence-corrected chi connectivity index (χ0v) is 19.1. The summed E-state index contributed by atoms with van der Waals surface area (Å²) in [6.45, 7) is 4.87. The van der Waals surface area contributed by atoms with Crippen LogP contribution in [0.25, 0.3) is 10.9 Å². The first-order valence-electron chi connectivity index (χ1n) is 9.22. The number of guanidine groups is 1. The van der Waals surface area contributed by atoms with Crippen LogP contribution in [0.3, 0.4) is 0 Å².